The molecule has 1 saturated heterocycles. The Kier molecular flexibility index (Phi) is 9.47. The molecule has 198 valence electrons. The van der Waals surface area contributed by atoms with Gasteiger partial charge in [0.1, 0.15) is 12.6 Å². The lowest BCUT2D eigenvalue weighted by Gasteiger charge is -2.26. The maximum Gasteiger partial charge on any atom is 0.410 e. The van der Waals surface area contributed by atoms with E-state index >= 15 is 0 Å². The zero-order valence-electron chi connectivity index (χ0n) is 20.7. The van der Waals surface area contributed by atoms with E-state index < -0.39 is 18.2 Å². The van der Waals surface area contributed by atoms with Crippen LogP contribution in [0.1, 0.15) is 35.6 Å². The first-order valence-electron chi connectivity index (χ1n) is 12.3. The van der Waals surface area contributed by atoms with Crippen molar-refractivity contribution in [1.29, 1.82) is 0 Å². The molecule has 9 nitrogen and oxygen atoms in total. The Balaban J connectivity index is 1.52. The van der Waals surface area contributed by atoms with E-state index in [9.17, 15) is 14.4 Å². The summed E-state index contributed by atoms with van der Waals surface area (Å²) in [6, 6.07) is 23.4. The quantitative estimate of drug-likeness (QED) is 0.173. The van der Waals surface area contributed by atoms with Crippen molar-refractivity contribution < 1.29 is 19.1 Å². The number of likely N-dealkylation sites (tertiary alicyclic amines) is 1. The van der Waals surface area contributed by atoms with Crippen LogP contribution in [0.5, 0.6) is 0 Å². The van der Waals surface area contributed by atoms with Crippen LogP contribution in [0.25, 0.3) is 0 Å². The Labute approximate surface area is 229 Å². The van der Waals surface area contributed by atoms with Gasteiger partial charge in [0, 0.05) is 16.7 Å². The molecule has 3 aromatic rings. The highest BCUT2D eigenvalue weighted by Crippen LogP contribution is 2.32. The predicted octanol–water partition coefficient (Wildman–Crippen LogP) is 3.86. The van der Waals surface area contributed by atoms with E-state index in [0.717, 1.165) is 21.2 Å². The van der Waals surface area contributed by atoms with Crippen LogP contribution in [-0.4, -0.2) is 41.9 Å². The molecule has 1 fully saturated rings. The number of nitrogens with zero attached hydrogens (tertiary/aromatic N) is 1. The number of halogens is 1. The number of amides is 3. The largest absolute Gasteiger partial charge is 0.445 e. The van der Waals surface area contributed by atoms with Gasteiger partial charge in [-0.2, -0.15) is 0 Å². The Bertz CT molecular complexity index is 1260. The average Bonchev–Trinajstić information content (AvgIpc) is 3.44. The molecule has 38 heavy (non-hydrogen) atoms. The van der Waals surface area contributed by atoms with Gasteiger partial charge in [0.2, 0.25) is 11.8 Å². The third-order valence-electron chi connectivity index (χ3n) is 6.34. The number of ether oxygens (including phenoxy) is 1. The smallest absolute Gasteiger partial charge is 0.410 e. The van der Waals surface area contributed by atoms with Gasteiger partial charge in [0.25, 0.3) is 0 Å². The fourth-order valence-electron chi connectivity index (χ4n) is 4.46. The summed E-state index contributed by atoms with van der Waals surface area (Å²) in [5, 5.41) is 6.24. The van der Waals surface area contributed by atoms with Gasteiger partial charge in [-0.15, -0.1) is 0 Å². The maximum absolute atomic E-state index is 13.4. The minimum Gasteiger partial charge on any atom is -0.445 e. The summed E-state index contributed by atoms with van der Waals surface area (Å²) in [6.07, 6.45) is 0.725. The first kappa shape index (κ1) is 27.3. The number of anilines is 1. The number of carbonyl (C=O) groups is 3. The highest BCUT2D eigenvalue weighted by molar-refractivity contribution is 9.10. The van der Waals surface area contributed by atoms with Gasteiger partial charge in [-0.25, -0.2) is 10.6 Å². The summed E-state index contributed by atoms with van der Waals surface area (Å²) in [5.41, 5.74) is 5.22. The molecule has 0 bridgehead atoms. The summed E-state index contributed by atoms with van der Waals surface area (Å²) >= 11 is 3.52. The second kappa shape index (κ2) is 13.2. The molecule has 3 aromatic carbocycles. The van der Waals surface area contributed by atoms with Crippen LogP contribution in [0.15, 0.2) is 83.3 Å². The van der Waals surface area contributed by atoms with Crippen LogP contribution in [0.4, 0.5) is 10.5 Å². The second-order valence-electron chi connectivity index (χ2n) is 8.90. The van der Waals surface area contributed by atoms with Gasteiger partial charge >= 0.3 is 6.09 Å². The third kappa shape index (κ3) is 6.97. The number of hydrazine groups is 1. The van der Waals surface area contributed by atoms with Gasteiger partial charge in [0.15, 0.2) is 0 Å². The van der Waals surface area contributed by atoms with Gasteiger partial charge in [0.05, 0.1) is 12.6 Å². The standard InChI is InChI=1S/C28H30BrN5O4/c29-21-13-14-23(22(16-21)26(31-17-25(35)33-30)20-10-5-2-6-11-20)32-27(36)24-12-7-15-34(24)28(37)38-18-19-8-3-1-4-9-19/h1-6,8-11,13-14,16,24,26,31H,7,12,15,17-18,30H2,(H,32,36)(H,33,35)/t24-,26-/m1/s1. The lowest BCUT2D eigenvalue weighted by Crippen LogP contribution is -2.43. The number of hydrogen-bond donors (Lipinski definition) is 4. The molecule has 0 aromatic heterocycles. The Morgan fingerprint density at radius 3 is 2.45 bits per heavy atom. The molecule has 0 aliphatic carbocycles. The van der Waals surface area contributed by atoms with Crippen LogP contribution >= 0.6 is 15.9 Å². The van der Waals surface area contributed by atoms with E-state index in [-0.39, 0.29) is 25.0 Å². The number of rotatable bonds is 9. The first-order valence-corrected chi connectivity index (χ1v) is 13.1. The van der Waals surface area contributed by atoms with Crippen molar-refractivity contribution in [1.82, 2.24) is 15.6 Å². The summed E-state index contributed by atoms with van der Waals surface area (Å²) in [7, 11) is 0. The molecule has 4 rings (SSSR count). The highest BCUT2D eigenvalue weighted by Gasteiger charge is 2.35. The molecule has 1 aliphatic heterocycles. The summed E-state index contributed by atoms with van der Waals surface area (Å²) in [5.74, 6) is 4.60. The first-order chi connectivity index (χ1) is 18.5. The predicted molar refractivity (Wildman–Crippen MR) is 148 cm³/mol. The normalized spacial score (nSPS) is 15.5. The van der Waals surface area contributed by atoms with Crippen molar-refractivity contribution >= 4 is 39.5 Å². The molecule has 10 heteroatoms. The van der Waals surface area contributed by atoms with Gasteiger partial charge in [-0.3, -0.25) is 25.2 Å². The van der Waals surface area contributed by atoms with Crippen molar-refractivity contribution in [2.24, 2.45) is 5.84 Å². The number of nitrogens with one attached hydrogen (secondary N) is 3. The summed E-state index contributed by atoms with van der Waals surface area (Å²) in [6.45, 7) is 0.559. The topological polar surface area (TPSA) is 126 Å². The SMILES string of the molecule is NNC(=O)CN[C@H](c1ccccc1)c1cc(Br)ccc1NC(=O)[C@H]1CCCN1C(=O)OCc1ccccc1. The van der Waals surface area contributed by atoms with Crippen molar-refractivity contribution in [2.45, 2.75) is 31.5 Å². The molecule has 0 saturated carbocycles. The van der Waals surface area contributed by atoms with Gasteiger partial charge in [-0.05, 0) is 47.7 Å². The molecule has 1 heterocycles. The summed E-state index contributed by atoms with van der Waals surface area (Å²) < 4.78 is 6.29. The lowest BCUT2D eigenvalue weighted by atomic mass is 9.96. The molecule has 2 atom stereocenters. The third-order valence-corrected chi connectivity index (χ3v) is 6.83. The van der Waals surface area contributed by atoms with E-state index in [1.54, 1.807) is 6.07 Å². The monoisotopic (exact) mass is 579 g/mol. The Morgan fingerprint density at radius 2 is 1.74 bits per heavy atom. The molecule has 0 radical (unpaired) electrons. The van der Waals surface area contributed by atoms with Crippen molar-refractivity contribution in [2.75, 3.05) is 18.4 Å². The number of carbonyl (C=O) groups excluding carboxylic acids is 3. The molecule has 0 spiro atoms. The minimum atomic E-state index is -0.652. The van der Waals surface area contributed by atoms with Crippen molar-refractivity contribution in [3.8, 4) is 0 Å². The zero-order chi connectivity index (χ0) is 26.9. The number of benzene rings is 3. The second-order valence-corrected chi connectivity index (χ2v) is 9.82. The fraction of sp³-hybridized carbons (Fsp3) is 0.250. The van der Waals surface area contributed by atoms with E-state index in [1.807, 2.05) is 72.8 Å². The van der Waals surface area contributed by atoms with E-state index in [1.165, 1.54) is 4.90 Å². The van der Waals surface area contributed by atoms with Crippen LogP contribution < -0.4 is 21.9 Å². The van der Waals surface area contributed by atoms with Crippen LogP contribution in [-0.2, 0) is 20.9 Å². The number of nitrogens with two attached hydrogens (primary N) is 1. The lowest BCUT2D eigenvalue weighted by molar-refractivity contribution is -0.121. The van der Waals surface area contributed by atoms with E-state index in [2.05, 4.69) is 32.0 Å². The van der Waals surface area contributed by atoms with Crippen LogP contribution in [0, 0.1) is 0 Å². The molecular formula is C28H30BrN5O4. The fourth-order valence-corrected chi connectivity index (χ4v) is 4.84. The Hall–Kier alpha value is -3.73. The summed E-state index contributed by atoms with van der Waals surface area (Å²) in [4.78, 5) is 39.6. The van der Waals surface area contributed by atoms with E-state index in [0.29, 0.717) is 25.1 Å². The highest BCUT2D eigenvalue weighted by atomic mass is 79.9. The molecule has 0 unspecified atom stereocenters. The van der Waals surface area contributed by atoms with Crippen molar-refractivity contribution in [3.05, 3.63) is 100 Å². The molecule has 5 N–H and O–H groups in total. The Morgan fingerprint density at radius 1 is 1.03 bits per heavy atom. The van der Waals surface area contributed by atoms with Crippen molar-refractivity contribution in [3.63, 3.8) is 0 Å². The van der Waals surface area contributed by atoms with Gasteiger partial charge < -0.3 is 10.1 Å². The maximum atomic E-state index is 13.4. The minimum absolute atomic E-state index is 0.0282. The van der Waals surface area contributed by atoms with Crippen LogP contribution in [0.3, 0.4) is 0 Å². The van der Waals surface area contributed by atoms with E-state index in [4.69, 9.17) is 10.6 Å². The number of hydrogen-bond acceptors (Lipinski definition) is 6. The molecule has 1 aliphatic rings. The molecule has 3 amide bonds. The van der Waals surface area contributed by atoms with Crippen LogP contribution in [0.2, 0.25) is 0 Å². The average molecular weight is 580 g/mol. The van der Waals surface area contributed by atoms with Gasteiger partial charge in [-0.1, -0.05) is 76.6 Å². The zero-order valence-corrected chi connectivity index (χ0v) is 22.3. The molecular weight excluding hydrogens is 550 g/mol.